The van der Waals surface area contributed by atoms with Crippen LogP contribution in [0.15, 0.2) is 42.5 Å². The molecule has 0 atom stereocenters. The van der Waals surface area contributed by atoms with E-state index in [1.807, 2.05) is 0 Å². The maximum atomic E-state index is 13.2. The van der Waals surface area contributed by atoms with E-state index >= 15 is 0 Å². The first-order chi connectivity index (χ1) is 9.83. The van der Waals surface area contributed by atoms with Crippen LogP contribution in [0.3, 0.4) is 0 Å². The van der Waals surface area contributed by atoms with Crippen molar-refractivity contribution in [1.82, 2.24) is 0 Å². The molecule has 0 unspecified atom stereocenters. The van der Waals surface area contributed by atoms with E-state index < -0.39 is 12.2 Å². The van der Waals surface area contributed by atoms with Gasteiger partial charge < -0.3 is 10.1 Å². The number of halogens is 5. The summed E-state index contributed by atoms with van der Waals surface area (Å²) in [7, 11) is 0. The van der Waals surface area contributed by atoms with Gasteiger partial charge in [-0.1, -0.05) is 17.7 Å². The van der Waals surface area contributed by atoms with E-state index in [0.29, 0.717) is 17.8 Å². The highest BCUT2D eigenvalue weighted by atomic mass is 35.5. The summed E-state index contributed by atoms with van der Waals surface area (Å²) in [6.07, 6.45) is -4.71. The minimum atomic E-state index is -4.71. The van der Waals surface area contributed by atoms with Crippen LogP contribution >= 0.6 is 11.6 Å². The predicted octanol–water partition coefficient (Wildman–Crippen LogP) is 4.99. The van der Waals surface area contributed by atoms with Gasteiger partial charge in [0, 0.05) is 12.2 Å². The summed E-state index contributed by atoms with van der Waals surface area (Å²) >= 11 is 5.57. The highest BCUT2D eigenvalue weighted by Crippen LogP contribution is 2.24. The average molecular weight is 320 g/mol. The fraction of sp³-hybridized carbons (Fsp3) is 0.143. The molecule has 0 fully saturated rings. The molecule has 7 heteroatoms. The smallest absolute Gasteiger partial charge is 0.406 e. The number of benzene rings is 2. The van der Waals surface area contributed by atoms with E-state index in [2.05, 4.69) is 10.1 Å². The van der Waals surface area contributed by atoms with Gasteiger partial charge in [0.1, 0.15) is 11.6 Å². The molecular weight excluding hydrogens is 310 g/mol. The molecule has 0 amide bonds. The Bertz CT molecular complexity index is 613. The minimum absolute atomic E-state index is 0.0346. The Morgan fingerprint density at radius 2 is 1.71 bits per heavy atom. The summed E-state index contributed by atoms with van der Waals surface area (Å²) in [5, 5.41) is 2.99. The second-order valence-corrected chi connectivity index (χ2v) is 4.58. The first-order valence-corrected chi connectivity index (χ1v) is 6.25. The lowest BCUT2D eigenvalue weighted by atomic mass is 10.2. The fourth-order valence-electron chi connectivity index (χ4n) is 1.63. The van der Waals surface area contributed by atoms with Crippen molar-refractivity contribution in [3.8, 4) is 5.75 Å². The third-order valence-electron chi connectivity index (χ3n) is 2.57. The van der Waals surface area contributed by atoms with Crippen molar-refractivity contribution in [2.45, 2.75) is 12.9 Å². The standard InChI is InChI=1S/C14H10ClF4NO/c15-12-6-1-9(7-13(12)16)8-20-10-2-4-11(5-3-10)21-14(17,18)19/h1-7,20H,8H2. The van der Waals surface area contributed by atoms with Crippen molar-refractivity contribution in [2.24, 2.45) is 0 Å². The maximum absolute atomic E-state index is 13.2. The van der Waals surface area contributed by atoms with Crippen molar-refractivity contribution in [1.29, 1.82) is 0 Å². The zero-order chi connectivity index (χ0) is 15.5. The summed E-state index contributed by atoms with van der Waals surface area (Å²) in [6.45, 7) is 0.313. The fourth-order valence-corrected chi connectivity index (χ4v) is 1.75. The molecule has 0 saturated heterocycles. The molecular formula is C14H10ClF4NO. The molecule has 2 nitrogen and oxygen atoms in total. The second kappa shape index (κ2) is 6.22. The largest absolute Gasteiger partial charge is 0.573 e. The van der Waals surface area contributed by atoms with Crippen LogP contribution in [-0.4, -0.2) is 6.36 Å². The molecule has 0 aliphatic rings. The average Bonchev–Trinajstić information content (AvgIpc) is 2.40. The SMILES string of the molecule is Fc1cc(CNc2ccc(OC(F)(F)F)cc2)ccc1Cl. The number of nitrogens with one attached hydrogen (secondary N) is 1. The van der Waals surface area contributed by atoms with Gasteiger partial charge in [0.25, 0.3) is 0 Å². The van der Waals surface area contributed by atoms with Crippen LogP contribution in [0.4, 0.5) is 23.2 Å². The van der Waals surface area contributed by atoms with Gasteiger partial charge in [-0.2, -0.15) is 0 Å². The van der Waals surface area contributed by atoms with Crippen molar-refractivity contribution in [3.63, 3.8) is 0 Å². The molecule has 2 rings (SSSR count). The maximum Gasteiger partial charge on any atom is 0.573 e. The van der Waals surface area contributed by atoms with Crippen molar-refractivity contribution >= 4 is 17.3 Å². The molecule has 2 aromatic carbocycles. The van der Waals surface area contributed by atoms with E-state index in [9.17, 15) is 17.6 Å². The Kier molecular flexibility index (Phi) is 4.57. The highest BCUT2D eigenvalue weighted by molar-refractivity contribution is 6.30. The summed E-state index contributed by atoms with van der Waals surface area (Å²) in [5.74, 6) is -0.824. The Morgan fingerprint density at radius 3 is 2.29 bits per heavy atom. The summed E-state index contributed by atoms with van der Waals surface area (Å²) in [4.78, 5) is 0. The lowest BCUT2D eigenvalue weighted by Crippen LogP contribution is -2.17. The minimum Gasteiger partial charge on any atom is -0.406 e. The van der Waals surface area contributed by atoms with E-state index in [1.165, 1.54) is 36.4 Å². The topological polar surface area (TPSA) is 21.3 Å². The Hall–Kier alpha value is -1.95. The van der Waals surface area contributed by atoms with Crippen LogP contribution in [0.5, 0.6) is 5.75 Å². The molecule has 1 N–H and O–H groups in total. The van der Waals surface area contributed by atoms with Crippen molar-refractivity contribution in [3.05, 3.63) is 58.9 Å². The molecule has 0 heterocycles. The predicted molar refractivity (Wildman–Crippen MR) is 71.9 cm³/mol. The molecule has 0 aliphatic carbocycles. The summed E-state index contributed by atoms with van der Waals surface area (Å²) in [5.41, 5.74) is 1.24. The first kappa shape index (κ1) is 15.4. The number of hydrogen-bond acceptors (Lipinski definition) is 2. The molecule has 0 aromatic heterocycles. The van der Waals surface area contributed by atoms with Gasteiger partial charge in [-0.3, -0.25) is 0 Å². The zero-order valence-corrected chi connectivity index (χ0v) is 11.3. The normalized spacial score (nSPS) is 11.3. The lowest BCUT2D eigenvalue weighted by Gasteiger charge is -2.10. The monoisotopic (exact) mass is 319 g/mol. The molecule has 2 aromatic rings. The van der Waals surface area contributed by atoms with Crippen LogP contribution in [0.1, 0.15) is 5.56 Å². The second-order valence-electron chi connectivity index (χ2n) is 4.17. The Morgan fingerprint density at radius 1 is 1.05 bits per heavy atom. The van der Waals surface area contributed by atoms with Gasteiger partial charge >= 0.3 is 6.36 Å². The Labute approximate surface area is 123 Å². The van der Waals surface area contributed by atoms with Gasteiger partial charge in [0.2, 0.25) is 0 Å². The van der Waals surface area contributed by atoms with Gasteiger partial charge in [0.15, 0.2) is 0 Å². The summed E-state index contributed by atoms with van der Waals surface area (Å²) in [6, 6.07) is 9.64. The summed E-state index contributed by atoms with van der Waals surface area (Å²) < 4.78 is 53.0. The Balaban J connectivity index is 1.96. The molecule has 0 radical (unpaired) electrons. The quantitative estimate of drug-likeness (QED) is 0.802. The third-order valence-corrected chi connectivity index (χ3v) is 2.88. The van der Waals surface area contributed by atoms with Gasteiger partial charge in [-0.15, -0.1) is 13.2 Å². The number of hydrogen-bond donors (Lipinski definition) is 1. The van der Waals surface area contributed by atoms with Gasteiger partial charge in [-0.05, 0) is 42.0 Å². The zero-order valence-electron chi connectivity index (χ0n) is 10.5. The molecule has 0 aliphatic heterocycles. The van der Waals surface area contributed by atoms with Gasteiger partial charge in [0.05, 0.1) is 5.02 Å². The van der Waals surface area contributed by atoms with Crippen molar-refractivity contribution < 1.29 is 22.3 Å². The molecule has 21 heavy (non-hydrogen) atoms. The van der Waals surface area contributed by atoms with Crippen LogP contribution in [0, 0.1) is 5.82 Å². The van der Waals surface area contributed by atoms with Crippen LogP contribution < -0.4 is 10.1 Å². The number of alkyl halides is 3. The number of rotatable bonds is 4. The van der Waals surface area contributed by atoms with Crippen LogP contribution in [-0.2, 0) is 6.54 Å². The highest BCUT2D eigenvalue weighted by Gasteiger charge is 2.30. The number of anilines is 1. The first-order valence-electron chi connectivity index (χ1n) is 5.87. The van der Waals surface area contributed by atoms with Crippen LogP contribution in [0.2, 0.25) is 5.02 Å². The molecule has 112 valence electrons. The molecule has 0 bridgehead atoms. The van der Waals surface area contributed by atoms with E-state index in [1.54, 1.807) is 6.07 Å². The van der Waals surface area contributed by atoms with E-state index in [0.717, 1.165) is 0 Å². The lowest BCUT2D eigenvalue weighted by molar-refractivity contribution is -0.274. The molecule has 0 saturated carbocycles. The van der Waals surface area contributed by atoms with E-state index in [-0.39, 0.29) is 10.8 Å². The van der Waals surface area contributed by atoms with Crippen LogP contribution in [0.25, 0.3) is 0 Å². The van der Waals surface area contributed by atoms with Crippen molar-refractivity contribution in [2.75, 3.05) is 5.32 Å². The van der Waals surface area contributed by atoms with E-state index in [4.69, 9.17) is 11.6 Å². The van der Waals surface area contributed by atoms with Gasteiger partial charge in [-0.25, -0.2) is 4.39 Å². The molecule has 0 spiro atoms. The number of ether oxygens (including phenoxy) is 1. The third kappa shape index (κ3) is 4.82.